The van der Waals surface area contributed by atoms with Crippen LogP contribution in [0.2, 0.25) is 0 Å². The fraction of sp³-hybridized carbons (Fsp3) is 0.350. The van der Waals surface area contributed by atoms with Crippen LogP contribution in [0.5, 0.6) is 0 Å². The summed E-state index contributed by atoms with van der Waals surface area (Å²) >= 11 is 0. The van der Waals surface area contributed by atoms with E-state index in [1.54, 1.807) is 18.0 Å². The number of likely N-dealkylation sites (N-methyl/N-ethyl adjacent to an activating group) is 1. The minimum Gasteiger partial charge on any atom is -0.311 e. The minimum absolute atomic E-state index is 0.0710. The topological polar surface area (TPSA) is 66.1 Å². The van der Waals surface area contributed by atoms with E-state index in [2.05, 4.69) is 9.97 Å². The molecule has 2 aromatic rings. The van der Waals surface area contributed by atoms with E-state index in [4.69, 9.17) is 0 Å². The van der Waals surface area contributed by atoms with Crippen LogP contribution in [0.1, 0.15) is 54.2 Å². The summed E-state index contributed by atoms with van der Waals surface area (Å²) in [6.45, 7) is 1.89. The zero-order valence-electron chi connectivity index (χ0n) is 14.5. The Balaban J connectivity index is 1.78. The number of benzene rings is 1. The molecule has 1 aromatic carbocycles. The molecule has 128 valence electrons. The average Bonchev–Trinajstić information content (AvgIpc) is 3.19. The van der Waals surface area contributed by atoms with E-state index >= 15 is 0 Å². The van der Waals surface area contributed by atoms with Gasteiger partial charge in [-0.25, -0.2) is 4.98 Å². The molecule has 1 amide bonds. The summed E-state index contributed by atoms with van der Waals surface area (Å²) in [6.07, 6.45) is 6.16. The number of aromatic nitrogens is 2. The van der Waals surface area contributed by atoms with Crippen molar-refractivity contribution in [2.24, 2.45) is 0 Å². The lowest BCUT2D eigenvalue weighted by Gasteiger charge is -2.11. The number of rotatable bonds is 2. The Morgan fingerprint density at radius 1 is 1.20 bits per heavy atom. The molecule has 2 heterocycles. The van der Waals surface area contributed by atoms with Crippen molar-refractivity contribution < 1.29 is 4.79 Å². The SMILES string of the molecule is Cc1nc(/C=C2\C(=O)N(C)c3ccccc32)[nH]c(=O)c1C1CCCC1. The second-order valence-corrected chi connectivity index (χ2v) is 6.87. The van der Waals surface area contributed by atoms with Crippen molar-refractivity contribution >= 4 is 23.2 Å². The van der Waals surface area contributed by atoms with Gasteiger partial charge in [-0.1, -0.05) is 31.0 Å². The zero-order valence-corrected chi connectivity index (χ0v) is 14.5. The van der Waals surface area contributed by atoms with E-state index in [9.17, 15) is 9.59 Å². The van der Waals surface area contributed by atoms with Crippen molar-refractivity contribution in [1.29, 1.82) is 0 Å². The lowest BCUT2D eigenvalue weighted by molar-refractivity contribution is -0.112. The van der Waals surface area contributed by atoms with Gasteiger partial charge in [0.15, 0.2) is 0 Å². The number of aryl methyl sites for hydroxylation is 1. The highest BCUT2D eigenvalue weighted by molar-refractivity contribution is 6.35. The first-order valence-electron chi connectivity index (χ1n) is 8.76. The molecule has 1 N–H and O–H groups in total. The van der Waals surface area contributed by atoms with E-state index in [1.807, 2.05) is 31.2 Å². The van der Waals surface area contributed by atoms with Gasteiger partial charge in [0.05, 0.1) is 11.3 Å². The van der Waals surface area contributed by atoms with Crippen molar-refractivity contribution in [2.75, 3.05) is 11.9 Å². The number of hydrogen-bond acceptors (Lipinski definition) is 3. The summed E-state index contributed by atoms with van der Waals surface area (Å²) < 4.78 is 0. The summed E-state index contributed by atoms with van der Waals surface area (Å²) in [6, 6.07) is 7.65. The van der Waals surface area contributed by atoms with Crippen molar-refractivity contribution in [1.82, 2.24) is 9.97 Å². The molecular weight excluding hydrogens is 314 g/mol. The van der Waals surface area contributed by atoms with Crippen molar-refractivity contribution in [2.45, 2.75) is 38.5 Å². The maximum Gasteiger partial charge on any atom is 0.258 e. The highest BCUT2D eigenvalue weighted by Gasteiger charge is 2.29. The van der Waals surface area contributed by atoms with Gasteiger partial charge in [0.25, 0.3) is 11.5 Å². The third kappa shape index (κ3) is 2.60. The van der Waals surface area contributed by atoms with Crippen LogP contribution < -0.4 is 10.5 Å². The standard InChI is InChI=1S/C20H21N3O2/c1-12-18(13-7-3-4-8-13)19(24)22-17(21-12)11-15-14-9-5-6-10-16(14)23(2)20(15)25/h5-6,9-11,13H,3-4,7-8H2,1-2H3,(H,21,22,24)/b15-11-. The number of hydrogen-bond donors (Lipinski definition) is 1. The fourth-order valence-electron chi connectivity index (χ4n) is 4.06. The van der Waals surface area contributed by atoms with Crippen molar-refractivity contribution in [3.63, 3.8) is 0 Å². The van der Waals surface area contributed by atoms with Gasteiger partial charge in [0, 0.05) is 23.9 Å². The second kappa shape index (κ2) is 5.99. The zero-order chi connectivity index (χ0) is 17.6. The number of para-hydroxylation sites is 1. The first-order chi connectivity index (χ1) is 12.1. The van der Waals surface area contributed by atoms with Gasteiger partial charge < -0.3 is 9.88 Å². The van der Waals surface area contributed by atoms with Crippen LogP contribution in [-0.2, 0) is 4.79 Å². The number of amides is 1. The molecular formula is C20H21N3O2. The molecule has 5 heteroatoms. The number of nitrogens with one attached hydrogen (secondary N) is 1. The van der Waals surface area contributed by atoms with E-state index < -0.39 is 0 Å². The van der Waals surface area contributed by atoms with Gasteiger partial charge in [-0.15, -0.1) is 0 Å². The van der Waals surface area contributed by atoms with Crippen LogP contribution in [0, 0.1) is 6.92 Å². The highest BCUT2D eigenvalue weighted by Crippen LogP contribution is 2.36. The summed E-state index contributed by atoms with van der Waals surface area (Å²) in [5, 5.41) is 0. The molecule has 1 saturated carbocycles. The smallest absolute Gasteiger partial charge is 0.258 e. The van der Waals surface area contributed by atoms with E-state index in [0.717, 1.165) is 35.3 Å². The Morgan fingerprint density at radius 2 is 1.92 bits per heavy atom. The Morgan fingerprint density at radius 3 is 2.64 bits per heavy atom. The molecule has 1 aromatic heterocycles. The Kier molecular flexibility index (Phi) is 3.79. The molecule has 2 aliphatic rings. The molecule has 1 aliphatic heterocycles. The second-order valence-electron chi connectivity index (χ2n) is 6.87. The van der Waals surface area contributed by atoms with Gasteiger partial charge in [-0.2, -0.15) is 0 Å². The summed E-state index contributed by atoms with van der Waals surface area (Å²) in [5.41, 5.74) is 3.83. The van der Waals surface area contributed by atoms with E-state index in [0.29, 0.717) is 17.3 Å². The maximum absolute atomic E-state index is 12.6. The fourth-order valence-corrected chi connectivity index (χ4v) is 4.06. The van der Waals surface area contributed by atoms with Gasteiger partial charge in [0.1, 0.15) is 5.82 Å². The predicted molar refractivity (Wildman–Crippen MR) is 98.5 cm³/mol. The third-order valence-corrected chi connectivity index (χ3v) is 5.30. The minimum atomic E-state index is -0.0821. The number of fused-ring (bicyclic) bond motifs is 1. The van der Waals surface area contributed by atoms with Gasteiger partial charge in [-0.3, -0.25) is 9.59 Å². The lowest BCUT2D eigenvalue weighted by atomic mass is 9.97. The van der Waals surface area contributed by atoms with Crippen LogP contribution in [-0.4, -0.2) is 22.9 Å². The van der Waals surface area contributed by atoms with Gasteiger partial charge in [0.2, 0.25) is 0 Å². The summed E-state index contributed by atoms with van der Waals surface area (Å²) in [5.74, 6) is 0.678. The Bertz CT molecular complexity index is 936. The number of carbonyl (C=O) groups is 1. The third-order valence-electron chi connectivity index (χ3n) is 5.30. The maximum atomic E-state index is 12.6. The Hall–Kier alpha value is -2.69. The molecule has 0 unspecified atom stereocenters. The predicted octanol–water partition coefficient (Wildman–Crippen LogP) is 3.25. The molecule has 0 bridgehead atoms. The van der Waals surface area contributed by atoms with Crippen LogP contribution >= 0.6 is 0 Å². The first-order valence-corrected chi connectivity index (χ1v) is 8.76. The van der Waals surface area contributed by atoms with Crippen molar-refractivity contribution in [3.05, 3.63) is 57.3 Å². The molecule has 5 nitrogen and oxygen atoms in total. The van der Waals surface area contributed by atoms with E-state index in [1.165, 1.54) is 12.8 Å². The van der Waals surface area contributed by atoms with Crippen LogP contribution in [0.4, 0.5) is 5.69 Å². The normalized spacial score (nSPS) is 19.0. The van der Waals surface area contributed by atoms with Crippen LogP contribution in [0.15, 0.2) is 29.1 Å². The van der Waals surface area contributed by atoms with Gasteiger partial charge >= 0.3 is 0 Å². The average molecular weight is 335 g/mol. The number of anilines is 1. The number of H-pyrrole nitrogens is 1. The molecule has 0 spiro atoms. The van der Waals surface area contributed by atoms with Gasteiger partial charge in [-0.05, 0) is 37.8 Å². The number of nitrogens with zero attached hydrogens (tertiary/aromatic N) is 2. The molecule has 4 rings (SSSR count). The highest BCUT2D eigenvalue weighted by atomic mass is 16.2. The molecule has 0 atom stereocenters. The monoisotopic (exact) mass is 335 g/mol. The summed E-state index contributed by atoms with van der Waals surface area (Å²) in [7, 11) is 1.76. The molecule has 1 aliphatic carbocycles. The molecule has 1 fully saturated rings. The number of aromatic amines is 1. The van der Waals surface area contributed by atoms with Crippen molar-refractivity contribution in [3.8, 4) is 0 Å². The largest absolute Gasteiger partial charge is 0.311 e. The van der Waals surface area contributed by atoms with Crippen LogP contribution in [0.3, 0.4) is 0 Å². The quantitative estimate of drug-likeness (QED) is 0.857. The molecule has 25 heavy (non-hydrogen) atoms. The number of carbonyl (C=O) groups excluding carboxylic acids is 1. The first kappa shape index (κ1) is 15.8. The molecule has 0 saturated heterocycles. The van der Waals surface area contributed by atoms with E-state index in [-0.39, 0.29) is 11.5 Å². The molecule has 0 radical (unpaired) electrons. The van der Waals surface area contributed by atoms with Crippen LogP contribution in [0.25, 0.3) is 11.6 Å². The lowest BCUT2D eigenvalue weighted by Crippen LogP contribution is -2.21. The summed E-state index contributed by atoms with van der Waals surface area (Å²) in [4.78, 5) is 34.2. The Labute approximate surface area is 146 Å².